The van der Waals surface area contributed by atoms with E-state index in [0.29, 0.717) is 5.75 Å². The maximum absolute atomic E-state index is 10.6. The topological polar surface area (TPSA) is 38.7 Å². The fourth-order valence-corrected chi connectivity index (χ4v) is 3.21. The molecule has 2 aromatic carbocycles. The molecule has 0 fully saturated rings. The van der Waals surface area contributed by atoms with Gasteiger partial charge >= 0.3 is 0 Å². The van der Waals surface area contributed by atoms with Crippen LogP contribution in [0.4, 0.5) is 0 Å². The third-order valence-corrected chi connectivity index (χ3v) is 4.97. The standard InChI is InChI=1S/C20H27O3P/c1-5-6-7-10-16-13-18(21)20(17-11-8-9-15(2)12-17)19(14-16)23-24(4)22-3/h8-9,11-14,21H,5-7,10H2,1-4H3. The molecule has 4 heteroatoms. The number of benzene rings is 2. The first kappa shape index (κ1) is 18.8. The molecule has 24 heavy (non-hydrogen) atoms. The summed E-state index contributed by atoms with van der Waals surface area (Å²) in [6.45, 7) is 6.15. The van der Waals surface area contributed by atoms with Crippen LogP contribution >= 0.6 is 8.38 Å². The molecule has 130 valence electrons. The van der Waals surface area contributed by atoms with E-state index in [4.69, 9.17) is 9.05 Å². The average molecular weight is 346 g/mol. The van der Waals surface area contributed by atoms with Gasteiger partial charge in [-0.05, 0) is 43.0 Å². The van der Waals surface area contributed by atoms with Gasteiger partial charge in [0.05, 0.1) is 5.56 Å². The fourth-order valence-electron chi connectivity index (χ4n) is 2.72. The van der Waals surface area contributed by atoms with Crippen molar-refractivity contribution in [2.24, 2.45) is 0 Å². The summed E-state index contributed by atoms with van der Waals surface area (Å²) in [4.78, 5) is 0. The summed E-state index contributed by atoms with van der Waals surface area (Å²) in [5, 5.41) is 10.6. The lowest BCUT2D eigenvalue weighted by Gasteiger charge is -2.18. The summed E-state index contributed by atoms with van der Waals surface area (Å²) in [6, 6.07) is 12.0. The zero-order valence-corrected chi connectivity index (χ0v) is 15.9. The van der Waals surface area contributed by atoms with Crippen molar-refractivity contribution < 1.29 is 14.2 Å². The van der Waals surface area contributed by atoms with Gasteiger partial charge in [0.2, 0.25) is 8.38 Å². The highest BCUT2D eigenvalue weighted by Crippen LogP contribution is 2.45. The number of phenolic OH excluding ortho intramolecular Hbond substituents is 1. The molecule has 2 aromatic rings. The summed E-state index contributed by atoms with van der Waals surface area (Å²) >= 11 is 0. The molecule has 0 amide bonds. The smallest absolute Gasteiger partial charge is 0.226 e. The average Bonchev–Trinajstić information content (AvgIpc) is 2.54. The molecule has 0 aliphatic heterocycles. The van der Waals surface area contributed by atoms with Crippen LogP contribution in [0.15, 0.2) is 36.4 Å². The number of rotatable bonds is 8. The second-order valence-electron chi connectivity index (χ2n) is 6.03. The predicted molar refractivity (Wildman–Crippen MR) is 102 cm³/mol. The second-order valence-corrected chi connectivity index (χ2v) is 7.46. The highest BCUT2D eigenvalue weighted by Gasteiger charge is 2.16. The molecule has 0 heterocycles. The minimum atomic E-state index is -1.02. The number of hydrogen-bond acceptors (Lipinski definition) is 3. The van der Waals surface area contributed by atoms with Crippen molar-refractivity contribution in [3.8, 4) is 22.6 Å². The summed E-state index contributed by atoms with van der Waals surface area (Å²) in [6.07, 6.45) is 4.43. The first-order valence-corrected chi connectivity index (χ1v) is 10.1. The molecule has 1 N–H and O–H groups in total. The molecule has 0 aliphatic rings. The lowest BCUT2D eigenvalue weighted by atomic mass is 9.98. The van der Waals surface area contributed by atoms with Crippen molar-refractivity contribution in [2.75, 3.05) is 13.8 Å². The second kappa shape index (κ2) is 9.05. The van der Waals surface area contributed by atoms with E-state index in [0.717, 1.165) is 35.1 Å². The van der Waals surface area contributed by atoms with E-state index in [1.54, 1.807) is 7.11 Å². The van der Waals surface area contributed by atoms with E-state index >= 15 is 0 Å². The molecule has 3 nitrogen and oxygen atoms in total. The lowest BCUT2D eigenvalue weighted by molar-refractivity contribution is 0.399. The van der Waals surface area contributed by atoms with Crippen molar-refractivity contribution >= 4 is 8.38 Å². The van der Waals surface area contributed by atoms with Gasteiger partial charge in [-0.25, -0.2) is 0 Å². The number of aromatic hydroxyl groups is 1. The maximum atomic E-state index is 10.6. The zero-order chi connectivity index (χ0) is 17.5. The molecule has 0 spiro atoms. The minimum absolute atomic E-state index is 0.268. The van der Waals surface area contributed by atoms with Crippen molar-refractivity contribution in [3.05, 3.63) is 47.5 Å². The Morgan fingerprint density at radius 2 is 1.92 bits per heavy atom. The predicted octanol–water partition coefficient (Wildman–Crippen LogP) is 6.07. The highest BCUT2D eigenvalue weighted by atomic mass is 31.2. The van der Waals surface area contributed by atoms with Gasteiger partial charge in [0.15, 0.2) is 0 Å². The number of phenols is 1. The monoisotopic (exact) mass is 346 g/mol. The molecule has 0 saturated heterocycles. The first-order valence-electron chi connectivity index (χ1n) is 8.44. The van der Waals surface area contributed by atoms with Gasteiger partial charge in [-0.15, -0.1) is 0 Å². The van der Waals surface area contributed by atoms with Crippen LogP contribution in [0, 0.1) is 6.92 Å². The third kappa shape index (κ3) is 4.96. The minimum Gasteiger partial charge on any atom is -0.507 e. The Balaban J connectivity index is 2.43. The van der Waals surface area contributed by atoms with E-state index in [-0.39, 0.29) is 5.75 Å². The van der Waals surface area contributed by atoms with Gasteiger partial charge in [-0.1, -0.05) is 49.6 Å². The molecular formula is C20H27O3P. The van der Waals surface area contributed by atoms with Crippen LogP contribution in [-0.4, -0.2) is 18.9 Å². The molecule has 0 aromatic heterocycles. The Bertz CT molecular complexity index is 670. The van der Waals surface area contributed by atoms with E-state index in [2.05, 4.69) is 13.0 Å². The summed E-state index contributed by atoms with van der Waals surface area (Å²) in [5.41, 5.74) is 3.95. The van der Waals surface area contributed by atoms with Crippen LogP contribution in [0.25, 0.3) is 11.1 Å². The molecule has 0 saturated carbocycles. The van der Waals surface area contributed by atoms with Crippen LogP contribution < -0.4 is 4.52 Å². The van der Waals surface area contributed by atoms with Crippen LogP contribution in [0.5, 0.6) is 11.5 Å². The highest BCUT2D eigenvalue weighted by molar-refractivity contribution is 7.46. The van der Waals surface area contributed by atoms with Crippen LogP contribution in [-0.2, 0) is 10.9 Å². The molecule has 2 rings (SSSR count). The quantitative estimate of drug-likeness (QED) is 0.466. The molecule has 1 atom stereocenters. The lowest BCUT2D eigenvalue weighted by Crippen LogP contribution is -1.95. The Hall–Kier alpha value is -1.57. The van der Waals surface area contributed by atoms with Crippen molar-refractivity contribution in [2.45, 2.75) is 39.5 Å². The van der Waals surface area contributed by atoms with Crippen molar-refractivity contribution in [1.29, 1.82) is 0 Å². The van der Waals surface area contributed by atoms with Gasteiger partial charge < -0.3 is 14.2 Å². The Labute approximate surface area is 146 Å². The maximum Gasteiger partial charge on any atom is 0.226 e. The molecule has 1 unspecified atom stereocenters. The molecular weight excluding hydrogens is 319 g/mol. The first-order chi connectivity index (χ1) is 11.5. The summed E-state index contributed by atoms with van der Waals surface area (Å²) in [7, 11) is 0.621. The molecule has 0 radical (unpaired) electrons. The normalized spacial score (nSPS) is 12.2. The number of unbranched alkanes of at least 4 members (excludes halogenated alkanes) is 2. The van der Waals surface area contributed by atoms with Crippen LogP contribution in [0.1, 0.15) is 37.3 Å². The van der Waals surface area contributed by atoms with Crippen LogP contribution in [0.3, 0.4) is 0 Å². The van der Waals surface area contributed by atoms with Gasteiger partial charge in [-0.2, -0.15) is 0 Å². The van der Waals surface area contributed by atoms with E-state index in [1.165, 1.54) is 12.8 Å². The Morgan fingerprint density at radius 1 is 1.12 bits per heavy atom. The molecule has 0 aliphatic carbocycles. The largest absolute Gasteiger partial charge is 0.507 e. The zero-order valence-electron chi connectivity index (χ0n) is 15.0. The summed E-state index contributed by atoms with van der Waals surface area (Å²) < 4.78 is 11.3. The van der Waals surface area contributed by atoms with E-state index in [1.807, 2.05) is 43.9 Å². The summed E-state index contributed by atoms with van der Waals surface area (Å²) in [5.74, 6) is 0.965. The molecule has 0 bridgehead atoms. The van der Waals surface area contributed by atoms with Gasteiger partial charge in [0, 0.05) is 13.8 Å². The van der Waals surface area contributed by atoms with Gasteiger partial charge in [0.1, 0.15) is 11.5 Å². The van der Waals surface area contributed by atoms with Crippen molar-refractivity contribution in [3.63, 3.8) is 0 Å². The van der Waals surface area contributed by atoms with Crippen molar-refractivity contribution in [1.82, 2.24) is 0 Å². The van der Waals surface area contributed by atoms with E-state index in [9.17, 15) is 5.11 Å². The SMILES string of the molecule is CCCCCc1cc(O)c(-c2cccc(C)c2)c(OP(C)OC)c1. The van der Waals surface area contributed by atoms with Gasteiger partial charge in [-0.3, -0.25) is 0 Å². The fraction of sp³-hybridized carbons (Fsp3) is 0.400. The Morgan fingerprint density at radius 3 is 2.58 bits per heavy atom. The number of hydrogen-bond donors (Lipinski definition) is 1. The Kier molecular flexibility index (Phi) is 7.08. The van der Waals surface area contributed by atoms with E-state index < -0.39 is 8.38 Å². The third-order valence-electron chi connectivity index (χ3n) is 4.00. The number of aryl methyl sites for hydroxylation is 2. The van der Waals surface area contributed by atoms with Gasteiger partial charge in [0.25, 0.3) is 0 Å². The van der Waals surface area contributed by atoms with Crippen LogP contribution in [0.2, 0.25) is 0 Å².